The molecule has 31 heavy (non-hydrogen) atoms. The Bertz CT molecular complexity index is 1000. The largest absolute Gasteiger partial charge is 0.477 e. The number of carboxylic acid groups (broad SMARTS) is 1. The van der Waals surface area contributed by atoms with E-state index in [1.54, 1.807) is 6.08 Å². The predicted octanol–water partition coefficient (Wildman–Crippen LogP) is 0.461. The summed E-state index contributed by atoms with van der Waals surface area (Å²) in [5, 5.41) is 11.9. The van der Waals surface area contributed by atoms with Crippen LogP contribution in [-0.4, -0.2) is 66.9 Å². The summed E-state index contributed by atoms with van der Waals surface area (Å²) in [6.45, 7) is 4.76. The van der Waals surface area contributed by atoms with Crippen molar-refractivity contribution in [2.75, 3.05) is 18.1 Å². The monoisotopic (exact) mass is 467 g/mol. The van der Waals surface area contributed by atoms with E-state index in [1.807, 2.05) is 13.8 Å². The van der Waals surface area contributed by atoms with Crippen LogP contribution in [0.25, 0.3) is 5.57 Å². The Balaban J connectivity index is 1.79. The molecular weight excluding hydrogens is 446 g/mol. The second-order valence-electron chi connectivity index (χ2n) is 7.18. The van der Waals surface area contributed by atoms with Gasteiger partial charge in [0.2, 0.25) is 0 Å². The molecule has 0 aliphatic carbocycles. The number of carbonyl (C=O) groups excluding carboxylic acids is 3. The maximum atomic E-state index is 12.9. The lowest BCUT2D eigenvalue weighted by atomic mass is 10.0. The summed E-state index contributed by atoms with van der Waals surface area (Å²) in [4.78, 5) is 53.6. The van der Waals surface area contributed by atoms with Crippen LogP contribution in [0.3, 0.4) is 0 Å². The van der Waals surface area contributed by atoms with Gasteiger partial charge in [0.15, 0.2) is 11.0 Å². The zero-order valence-electron chi connectivity index (χ0n) is 16.9. The SMILES string of the molecule is CC(=O)OCC1=C(C(=O)O)N2C(=O)C(NC(=O)/C(=C\C(C)C)c3nsc(N)n3)[C@H]2SC1. The highest BCUT2D eigenvalue weighted by Gasteiger charge is 2.54. The number of carboxylic acids is 1. The number of β-lactam (4-membered cyclic amide) rings is 1. The number of aliphatic carboxylic acids is 1. The number of hydrogen-bond donors (Lipinski definition) is 3. The third-order valence-corrected chi connectivity index (χ3v) is 6.30. The molecular formula is C18H21N5O6S2. The number of rotatable bonds is 7. The van der Waals surface area contributed by atoms with Crippen molar-refractivity contribution in [3.63, 3.8) is 0 Å². The van der Waals surface area contributed by atoms with Crippen LogP contribution in [0, 0.1) is 5.92 Å². The fraction of sp³-hybridized carbons (Fsp3) is 0.444. The summed E-state index contributed by atoms with van der Waals surface area (Å²) in [5.74, 6) is -2.53. The van der Waals surface area contributed by atoms with Gasteiger partial charge < -0.3 is 20.9 Å². The Labute approximate surface area is 185 Å². The van der Waals surface area contributed by atoms with Gasteiger partial charge in [-0.1, -0.05) is 19.9 Å². The smallest absolute Gasteiger partial charge is 0.352 e. The van der Waals surface area contributed by atoms with E-state index >= 15 is 0 Å². The first kappa shape index (κ1) is 22.7. The summed E-state index contributed by atoms with van der Waals surface area (Å²) >= 11 is 2.24. The van der Waals surface area contributed by atoms with Crippen molar-refractivity contribution < 1.29 is 29.0 Å². The number of hydrogen-bond acceptors (Lipinski definition) is 10. The summed E-state index contributed by atoms with van der Waals surface area (Å²) in [7, 11) is 0. The number of anilines is 1. The van der Waals surface area contributed by atoms with E-state index in [1.165, 1.54) is 18.7 Å². The lowest BCUT2D eigenvalue weighted by Crippen LogP contribution is -2.70. The number of esters is 1. The van der Waals surface area contributed by atoms with E-state index in [4.69, 9.17) is 10.5 Å². The molecule has 0 radical (unpaired) electrons. The number of nitrogens with zero attached hydrogens (tertiary/aromatic N) is 3. The first-order valence-electron chi connectivity index (χ1n) is 9.25. The molecule has 2 amide bonds. The third kappa shape index (κ3) is 4.71. The van der Waals surface area contributed by atoms with Gasteiger partial charge in [-0.25, -0.2) is 4.79 Å². The molecule has 166 valence electrons. The lowest BCUT2D eigenvalue weighted by molar-refractivity contribution is -0.150. The van der Waals surface area contributed by atoms with Gasteiger partial charge in [0.25, 0.3) is 11.8 Å². The van der Waals surface area contributed by atoms with Crippen LogP contribution in [0.15, 0.2) is 17.3 Å². The van der Waals surface area contributed by atoms with Gasteiger partial charge in [-0.15, -0.1) is 11.8 Å². The van der Waals surface area contributed by atoms with Crippen LogP contribution in [0.2, 0.25) is 0 Å². The van der Waals surface area contributed by atoms with Crippen LogP contribution < -0.4 is 11.1 Å². The standard InChI is InChI=1S/C18H21N5O6S2/c1-7(2)4-10(13-21-18(19)31-22-13)14(25)20-11-15(26)23-12(17(27)28)9(5-29-8(3)24)6-30-16(11)23/h4,7,11,16H,5-6H2,1-3H3,(H,20,25)(H,27,28)(H2,19,21,22)/b10-4-/t11?,16-/m1/s1. The number of aromatic nitrogens is 2. The normalized spacial score (nSPS) is 21.0. The zero-order chi connectivity index (χ0) is 22.9. The Morgan fingerprint density at radius 2 is 2.13 bits per heavy atom. The van der Waals surface area contributed by atoms with Gasteiger partial charge >= 0.3 is 11.9 Å². The third-order valence-electron chi connectivity index (χ3n) is 4.41. The molecule has 0 saturated carbocycles. The van der Waals surface area contributed by atoms with E-state index < -0.39 is 35.2 Å². The maximum Gasteiger partial charge on any atom is 0.352 e. The highest BCUT2D eigenvalue weighted by molar-refractivity contribution is 8.00. The number of amides is 2. The Morgan fingerprint density at radius 1 is 1.42 bits per heavy atom. The van der Waals surface area contributed by atoms with Gasteiger partial charge in [0, 0.05) is 29.8 Å². The number of fused-ring (bicyclic) bond motifs is 1. The van der Waals surface area contributed by atoms with Crippen molar-refractivity contribution in [3.05, 3.63) is 23.2 Å². The lowest BCUT2D eigenvalue weighted by Gasteiger charge is -2.49. The van der Waals surface area contributed by atoms with E-state index in [2.05, 4.69) is 14.7 Å². The van der Waals surface area contributed by atoms with Crippen LogP contribution in [0.5, 0.6) is 0 Å². The van der Waals surface area contributed by atoms with Gasteiger partial charge in [-0.3, -0.25) is 19.3 Å². The molecule has 4 N–H and O–H groups in total. The number of allylic oxidation sites excluding steroid dienone is 1. The fourth-order valence-electron chi connectivity index (χ4n) is 3.13. The Morgan fingerprint density at radius 3 is 2.68 bits per heavy atom. The Kier molecular flexibility index (Phi) is 6.65. The van der Waals surface area contributed by atoms with Crippen molar-refractivity contribution in [1.29, 1.82) is 0 Å². The van der Waals surface area contributed by atoms with E-state index in [-0.39, 0.29) is 40.5 Å². The molecule has 1 saturated heterocycles. The molecule has 2 aliphatic rings. The maximum absolute atomic E-state index is 12.9. The number of nitrogens with two attached hydrogens (primary N) is 1. The second kappa shape index (κ2) is 9.06. The van der Waals surface area contributed by atoms with Crippen molar-refractivity contribution >= 4 is 57.8 Å². The van der Waals surface area contributed by atoms with Crippen molar-refractivity contribution in [3.8, 4) is 0 Å². The van der Waals surface area contributed by atoms with Crippen molar-refractivity contribution in [1.82, 2.24) is 19.6 Å². The molecule has 0 bridgehead atoms. The Hall–Kier alpha value is -2.93. The average molecular weight is 468 g/mol. The minimum Gasteiger partial charge on any atom is -0.477 e. The molecule has 1 fully saturated rings. The van der Waals surface area contributed by atoms with Crippen molar-refractivity contribution in [2.24, 2.45) is 5.92 Å². The molecule has 3 heterocycles. The van der Waals surface area contributed by atoms with E-state index in [0.717, 1.165) is 16.4 Å². The number of carbonyl (C=O) groups is 4. The van der Waals surface area contributed by atoms with Gasteiger partial charge in [-0.2, -0.15) is 9.36 Å². The highest BCUT2D eigenvalue weighted by atomic mass is 32.2. The van der Waals surface area contributed by atoms with Crippen LogP contribution in [0.4, 0.5) is 5.13 Å². The summed E-state index contributed by atoms with van der Waals surface area (Å²) in [5.41, 5.74) is 5.93. The molecule has 13 heteroatoms. The first-order valence-corrected chi connectivity index (χ1v) is 11.1. The molecule has 2 atom stereocenters. The molecule has 0 aromatic carbocycles. The molecule has 2 aliphatic heterocycles. The zero-order valence-corrected chi connectivity index (χ0v) is 18.6. The minimum atomic E-state index is -1.30. The van der Waals surface area contributed by atoms with Crippen molar-refractivity contribution in [2.45, 2.75) is 32.2 Å². The van der Waals surface area contributed by atoms with E-state index in [0.29, 0.717) is 5.57 Å². The molecule has 1 aromatic heterocycles. The highest BCUT2D eigenvalue weighted by Crippen LogP contribution is 2.40. The fourth-order valence-corrected chi connectivity index (χ4v) is 4.91. The predicted molar refractivity (Wildman–Crippen MR) is 113 cm³/mol. The number of ether oxygens (including phenoxy) is 1. The number of thioether (sulfide) groups is 1. The van der Waals surface area contributed by atoms with Crippen LogP contribution in [0.1, 0.15) is 26.6 Å². The van der Waals surface area contributed by atoms with Gasteiger partial charge in [0.1, 0.15) is 23.7 Å². The minimum absolute atomic E-state index is 0.00787. The topological polar surface area (TPSA) is 165 Å². The molecule has 0 spiro atoms. The summed E-state index contributed by atoms with van der Waals surface area (Å²) < 4.78 is 8.97. The summed E-state index contributed by atoms with van der Waals surface area (Å²) in [6, 6.07) is -0.909. The van der Waals surface area contributed by atoms with Crippen LogP contribution in [-0.2, 0) is 23.9 Å². The molecule has 11 nitrogen and oxygen atoms in total. The molecule has 1 unspecified atom stereocenters. The first-order chi connectivity index (χ1) is 14.6. The summed E-state index contributed by atoms with van der Waals surface area (Å²) in [6.07, 6.45) is 1.67. The van der Waals surface area contributed by atoms with Gasteiger partial charge in [-0.05, 0) is 5.92 Å². The second-order valence-corrected chi connectivity index (χ2v) is 9.07. The average Bonchev–Trinajstić information content (AvgIpc) is 3.13. The number of nitrogen functional groups attached to an aromatic ring is 1. The molecule has 3 rings (SSSR count). The molecule has 1 aromatic rings. The van der Waals surface area contributed by atoms with Crippen LogP contribution >= 0.6 is 23.3 Å². The number of nitrogens with one attached hydrogen (secondary N) is 1. The van der Waals surface area contributed by atoms with E-state index in [9.17, 15) is 24.3 Å². The quantitative estimate of drug-likeness (QED) is 0.291. The van der Waals surface area contributed by atoms with Gasteiger partial charge in [0.05, 0.1) is 5.57 Å².